The summed E-state index contributed by atoms with van der Waals surface area (Å²) in [6.07, 6.45) is 7.90. The van der Waals surface area contributed by atoms with Crippen LogP contribution in [-0.2, 0) is 0 Å². The summed E-state index contributed by atoms with van der Waals surface area (Å²) in [7, 11) is 0. The van der Waals surface area contributed by atoms with E-state index in [2.05, 4.69) is 39.5 Å². The van der Waals surface area contributed by atoms with Crippen molar-refractivity contribution >= 4 is 0 Å². The average Bonchev–Trinajstić information content (AvgIpc) is 2.38. The van der Waals surface area contributed by atoms with Crippen LogP contribution in [0.2, 0.25) is 0 Å². The van der Waals surface area contributed by atoms with E-state index in [9.17, 15) is 0 Å². The van der Waals surface area contributed by atoms with Gasteiger partial charge in [0.05, 0.1) is 0 Å². The van der Waals surface area contributed by atoms with Gasteiger partial charge < -0.3 is 5.73 Å². The van der Waals surface area contributed by atoms with Crippen LogP contribution < -0.4 is 5.73 Å². The van der Waals surface area contributed by atoms with Crippen LogP contribution in [0.4, 0.5) is 0 Å². The summed E-state index contributed by atoms with van der Waals surface area (Å²) in [6, 6.07) is 0. The largest absolute Gasteiger partial charge is 0.329 e. The third kappa shape index (κ3) is 4.75. The molecule has 1 heterocycles. The molecule has 0 aliphatic carbocycles. The Morgan fingerprint density at radius 2 is 1.63 bits per heavy atom. The Hall–Kier alpha value is -0.0800. The fourth-order valence-corrected chi connectivity index (χ4v) is 3.43. The molecule has 0 amide bonds. The molecule has 1 aliphatic rings. The Balaban J connectivity index is 2.51. The molecule has 0 aromatic rings. The molecule has 1 aliphatic heterocycles. The van der Waals surface area contributed by atoms with E-state index in [1.807, 2.05) is 0 Å². The lowest BCUT2D eigenvalue weighted by molar-refractivity contribution is 0.0331. The van der Waals surface area contributed by atoms with E-state index in [1.165, 1.54) is 51.6 Å². The van der Waals surface area contributed by atoms with Gasteiger partial charge in [-0.1, -0.05) is 47.0 Å². The van der Waals surface area contributed by atoms with Crippen molar-refractivity contribution in [2.45, 2.75) is 78.7 Å². The number of nitrogens with zero attached hydrogens (tertiary/aromatic N) is 1. The minimum atomic E-state index is 0.234. The number of nitrogens with two attached hydrogens (primary N) is 1. The molecule has 1 rings (SSSR count). The standard InChI is InChI=1S/C17H36N2/c1-6-7-8-11-17(5,14-18)19-12-9-15(10-13-19)16(2,3)4/h15H,6-14,18H2,1-5H3. The number of rotatable bonds is 6. The second-order valence-electron chi connectivity index (χ2n) is 7.79. The Kier molecular flexibility index (Phi) is 6.32. The van der Waals surface area contributed by atoms with Crippen molar-refractivity contribution in [2.75, 3.05) is 19.6 Å². The number of hydrogen-bond donors (Lipinski definition) is 1. The van der Waals surface area contributed by atoms with Gasteiger partial charge in [0.1, 0.15) is 0 Å². The quantitative estimate of drug-likeness (QED) is 0.737. The van der Waals surface area contributed by atoms with Crippen LogP contribution in [0.1, 0.15) is 73.1 Å². The Bertz CT molecular complexity index is 248. The summed E-state index contributed by atoms with van der Waals surface area (Å²) in [5.74, 6) is 0.876. The third-order valence-corrected chi connectivity index (χ3v) is 5.24. The van der Waals surface area contributed by atoms with E-state index in [1.54, 1.807) is 0 Å². The number of likely N-dealkylation sites (tertiary alicyclic amines) is 1. The van der Waals surface area contributed by atoms with Crippen molar-refractivity contribution in [3.8, 4) is 0 Å². The maximum absolute atomic E-state index is 6.10. The highest BCUT2D eigenvalue weighted by Gasteiger charge is 2.35. The van der Waals surface area contributed by atoms with Crippen molar-refractivity contribution in [1.29, 1.82) is 0 Å². The van der Waals surface area contributed by atoms with Crippen LogP contribution in [0.25, 0.3) is 0 Å². The smallest absolute Gasteiger partial charge is 0.0303 e. The highest BCUT2D eigenvalue weighted by atomic mass is 15.2. The first-order chi connectivity index (χ1) is 8.83. The lowest BCUT2D eigenvalue weighted by atomic mass is 9.74. The van der Waals surface area contributed by atoms with Gasteiger partial charge in [-0.3, -0.25) is 4.90 Å². The van der Waals surface area contributed by atoms with Crippen molar-refractivity contribution < 1.29 is 0 Å². The van der Waals surface area contributed by atoms with Gasteiger partial charge in [0.25, 0.3) is 0 Å². The van der Waals surface area contributed by atoms with Gasteiger partial charge in [0.15, 0.2) is 0 Å². The van der Waals surface area contributed by atoms with E-state index in [0.717, 1.165) is 12.5 Å². The zero-order valence-corrected chi connectivity index (χ0v) is 14.0. The van der Waals surface area contributed by atoms with E-state index in [4.69, 9.17) is 5.73 Å². The molecule has 1 fully saturated rings. The van der Waals surface area contributed by atoms with Crippen LogP contribution >= 0.6 is 0 Å². The maximum atomic E-state index is 6.10. The maximum Gasteiger partial charge on any atom is 0.0303 e. The van der Waals surface area contributed by atoms with Gasteiger partial charge in [-0.2, -0.15) is 0 Å². The molecule has 0 aromatic carbocycles. The normalized spacial score (nSPS) is 22.4. The summed E-state index contributed by atoms with van der Waals surface area (Å²) < 4.78 is 0. The first kappa shape index (κ1) is 17.0. The molecule has 0 radical (unpaired) electrons. The molecule has 0 bridgehead atoms. The number of unbranched alkanes of at least 4 members (excludes halogenated alkanes) is 2. The Morgan fingerprint density at radius 1 is 1.05 bits per heavy atom. The first-order valence-corrected chi connectivity index (χ1v) is 8.28. The summed E-state index contributed by atoms with van der Waals surface area (Å²) in [4.78, 5) is 2.67. The molecule has 0 aromatic heterocycles. The van der Waals surface area contributed by atoms with Crippen LogP contribution in [0.3, 0.4) is 0 Å². The minimum absolute atomic E-state index is 0.234. The molecule has 2 N–H and O–H groups in total. The predicted octanol–water partition coefficient (Wildman–Crippen LogP) is 4.04. The number of hydrogen-bond acceptors (Lipinski definition) is 2. The summed E-state index contributed by atoms with van der Waals surface area (Å²) in [6.45, 7) is 15.1. The lowest BCUT2D eigenvalue weighted by Crippen LogP contribution is -2.55. The van der Waals surface area contributed by atoms with Gasteiger partial charge in [-0.15, -0.1) is 0 Å². The highest BCUT2D eigenvalue weighted by Crippen LogP contribution is 2.36. The van der Waals surface area contributed by atoms with Gasteiger partial charge in [0, 0.05) is 12.1 Å². The van der Waals surface area contributed by atoms with Gasteiger partial charge in [-0.25, -0.2) is 0 Å². The minimum Gasteiger partial charge on any atom is -0.329 e. The average molecular weight is 268 g/mol. The second kappa shape index (κ2) is 7.08. The molecule has 0 saturated carbocycles. The van der Waals surface area contributed by atoms with Gasteiger partial charge >= 0.3 is 0 Å². The van der Waals surface area contributed by atoms with Crippen LogP contribution in [0.5, 0.6) is 0 Å². The van der Waals surface area contributed by atoms with Crippen LogP contribution in [0.15, 0.2) is 0 Å². The zero-order chi connectivity index (χ0) is 14.5. The summed E-state index contributed by atoms with van der Waals surface area (Å²) >= 11 is 0. The molecule has 2 nitrogen and oxygen atoms in total. The van der Waals surface area contributed by atoms with E-state index in [-0.39, 0.29) is 5.54 Å². The molecule has 19 heavy (non-hydrogen) atoms. The Morgan fingerprint density at radius 3 is 2.05 bits per heavy atom. The van der Waals surface area contributed by atoms with Gasteiger partial charge in [0.2, 0.25) is 0 Å². The third-order valence-electron chi connectivity index (χ3n) is 5.24. The summed E-state index contributed by atoms with van der Waals surface area (Å²) in [5.41, 5.74) is 6.80. The predicted molar refractivity (Wildman–Crippen MR) is 85.4 cm³/mol. The fraction of sp³-hybridized carbons (Fsp3) is 1.00. The van der Waals surface area contributed by atoms with Crippen molar-refractivity contribution in [3.05, 3.63) is 0 Å². The van der Waals surface area contributed by atoms with E-state index >= 15 is 0 Å². The van der Waals surface area contributed by atoms with Crippen molar-refractivity contribution in [1.82, 2.24) is 4.90 Å². The van der Waals surface area contributed by atoms with Crippen molar-refractivity contribution in [3.63, 3.8) is 0 Å². The molecule has 1 unspecified atom stereocenters. The molecular weight excluding hydrogens is 232 g/mol. The topological polar surface area (TPSA) is 29.3 Å². The SMILES string of the molecule is CCCCCC(C)(CN)N1CCC(C(C)(C)C)CC1. The molecule has 0 spiro atoms. The summed E-state index contributed by atoms with van der Waals surface area (Å²) in [5, 5.41) is 0. The monoisotopic (exact) mass is 268 g/mol. The molecule has 114 valence electrons. The molecule has 1 saturated heterocycles. The molecule has 1 atom stereocenters. The van der Waals surface area contributed by atoms with Crippen molar-refractivity contribution in [2.24, 2.45) is 17.1 Å². The highest BCUT2D eigenvalue weighted by molar-refractivity contribution is 4.91. The fourth-order valence-electron chi connectivity index (χ4n) is 3.43. The van der Waals surface area contributed by atoms with E-state index < -0.39 is 0 Å². The van der Waals surface area contributed by atoms with Crippen LogP contribution in [-0.4, -0.2) is 30.1 Å². The van der Waals surface area contributed by atoms with Gasteiger partial charge in [-0.05, 0) is 50.6 Å². The second-order valence-corrected chi connectivity index (χ2v) is 7.79. The first-order valence-electron chi connectivity index (χ1n) is 8.28. The Labute approximate surface area is 121 Å². The van der Waals surface area contributed by atoms with E-state index in [0.29, 0.717) is 5.41 Å². The van der Waals surface area contributed by atoms with Crippen LogP contribution in [0, 0.1) is 11.3 Å². The molecular formula is C17H36N2. The lowest BCUT2D eigenvalue weighted by Gasteiger charge is -2.47. The zero-order valence-electron chi connectivity index (χ0n) is 14.0. The molecule has 2 heteroatoms. The number of piperidine rings is 1.